The fourth-order valence-corrected chi connectivity index (χ4v) is 2.01. The second-order valence-electron chi connectivity index (χ2n) is 4.27. The average Bonchev–Trinajstić information content (AvgIpc) is 2.39. The normalized spacial score (nSPS) is 12.8. The third kappa shape index (κ3) is 2.68. The van der Waals surface area contributed by atoms with Crippen LogP contribution in [0.15, 0.2) is 36.4 Å². The number of halogens is 1. The van der Waals surface area contributed by atoms with Crippen LogP contribution in [0, 0.1) is 5.82 Å². The largest absolute Gasteiger partial charge is 0.386 e. The Morgan fingerprint density at radius 3 is 2.61 bits per heavy atom. The highest BCUT2D eigenvalue weighted by atomic mass is 19.1. The van der Waals surface area contributed by atoms with Gasteiger partial charge < -0.3 is 9.84 Å². The molecular weight excluding hydrogens is 231 g/mol. The lowest BCUT2D eigenvalue weighted by atomic mass is 10.0. The number of hydrogen-bond donors (Lipinski definition) is 1. The molecule has 0 bridgehead atoms. The molecule has 0 amide bonds. The highest BCUT2D eigenvalue weighted by Gasteiger charge is 2.13. The lowest BCUT2D eigenvalue weighted by Gasteiger charge is -2.14. The second-order valence-corrected chi connectivity index (χ2v) is 4.27. The summed E-state index contributed by atoms with van der Waals surface area (Å²) in [6.45, 7) is 2.87. The van der Waals surface area contributed by atoms with Gasteiger partial charge in [-0.25, -0.2) is 4.39 Å². The summed E-state index contributed by atoms with van der Waals surface area (Å²) in [6, 6.07) is 10.2. The van der Waals surface area contributed by atoms with E-state index in [-0.39, 0.29) is 12.4 Å². The molecule has 0 aromatic heterocycles. The van der Waals surface area contributed by atoms with Gasteiger partial charge in [0.15, 0.2) is 0 Å². The number of aliphatic hydroxyl groups excluding tert-OH is 1. The maximum atomic E-state index is 13.6. The zero-order valence-corrected chi connectivity index (χ0v) is 10.4. The molecule has 96 valence electrons. The van der Waals surface area contributed by atoms with Crippen LogP contribution in [0.5, 0.6) is 0 Å². The van der Waals surface area contributed by atoms with E-state index in [9.17, 15) is 9.50 Å². The molecule has 2 aromatic rings. The van der Waals surface area contributed by atoms with Crippen LogP contribution in [-0.4, -0.2) is 18.3 Å². The first kappa shape index (κ1) is 13.0. The SMILES string of the molecule is CCCOCC(O)c1ccc(F)c2ccccc12. The maximum Gasteiger partial charge on any atom is 0.131 e. The smallest absolute Gasteiger partial charge is 0.131 e. The molecule has 0 aliphatic heterocycles. The molecule has 3 heteroatoms. The van der Waals surface area contributed by atoms with E-state index in [1.807, 2.05) is 19.1 Å². The van der Waals surface area contributed by atoms with E-state index in [0.717, 1.165) is 11.8 Å². The predicted octanol–water partition coefficient (Wildman–Crippen LogP) is 3.44. The molecule has 0 aliphatic rings. The number of hydrogen-bond acceptors (Lipinski definition) is 2. The Hall–Kier alpha value is -1.45. The van der Waals surface area contributed by atoms with Gasteiger partial charge in [0.1, 0.15) is 11.9 Å². The molecule has 2 aromatic carbocycles. The van der Waals surface area contributed by atoms with Crippen molar-refractivity contribution < 1.29 is 14.2 Å². The van der Waals surface area contributed by atoms with E-state index in [2.05, 4.69) is 0 Å². The van der Waals surface area contributed by atoms with Gasteiger partial charge in [0, 0.05) is 12.0 Å². The molecule has 0 saturated carbocycles. The number of aliphatic hydroxyl groups is 1. The fourth-order valence-electron chi connectivity index (χ4n) is 2.01. The Bertz CT molecular complexity index is 525. The topological polar surface area (TPSA) is 29.5 Å². The van der Waals surface area contributed by atoms with Gasteiger partial charge in [-0.05, 0) is 23.4 Å². The van der Waals surface area contributed by atoms with Crippen LogP contribution >= 0.6 is 0 Å². The van der Waals surface area contributed by atoms with Gasteiger partial charge in [-0.2, -0.15) is 0 Å². The lowest BCUT2D eigenvalue weighted by molar-refractivity contribution is 0.0371. The second kappa shape index (κ2) is 5.94. The van der Waals surface area contributed by atoms with Crippen molar-refractivity contribution in [3.05, 3.63) is 47.8 Å². The van der Waals surface area contributed by atoms with Gasteiger partial charge >= 0.3 is 0 Å². The minimum absolute atomic E-state index is 0.240. The maximum absolute atomic E-state index is 13.6. The summed E-state index contributed by atoms with van der Waals surface area (Å²) >= 11 is 0. The molecule has 0 fully saturated rings. The Kier molecular flexibility index (Phi) is 4.28. The number of benzene rings is 2. The van der Waals surface area contributed by atoms with Crippen molar-refractivity contribution in [3.63, 3.8) is 0 Å². The Labute approximate surface area is 106 Å². The Morgan fingerprint density at radius 2 is 1.89 bits per heavy atom. The number of fused-ring (bicyclic) bond motifs is 1. The third-order valence-corrected chi connectivity index (χ3v) is 2.89. The molecular formula is C15H17FO2. The van der Waals surface area contributed by atoms with Crippen LogP contribution in [-0.2, 0) is 4.74 Å². The average molecular weight is 248 g/mol. The summed E-state index contributed by atoms with van der Waals surface area (Å²) in [5.41, 5.74) is 0.711. The van der Waals surface area contributed by atoms with E-state index in [1.54, 1.807) is 18.2 Å². The van der Waals surface area contributed by atoms with Crippen molar-refractivity contribution in [1.82, 2.24) is 0 Å². The van der Waals surface area contributed by atoms with Crippen molar-refractivity contribution in [3.8, 4) is 0 Å². The molecule has 0 heterocycles. The summed E-state index contributed by atoms with van der Waals surface area (Å²) < 4.78 is 19.0. The van der Waals surface area contributed by atoms with Crippen molar-refractivity contribution in [1.29, 1.82) is 0 Å². The Balaban J connectivity index is 2.30. The highest BCUT2D eigenvalue weighted by molar-refractivity contribution is 5.86. The molecule has 1 atom stereocenters. The van der Waals surface area contributed by atoms with Crippen molar-refractivity contribution >= 4 is 10.8 Å². The molecule has 18 heavy (non-hydrogen) atoms. The minimum Gasteiger partial charge on any atom is -0.386 e. The number of rotatable bonds is 5. The van der Waals surface area contributed by atoms with E-state index < -0.39 is 6.10 Å². The van der Waals surface area contributed by atoms with Crippen molar-refractivity contribution in [2.75, 3.05) is 13.2 Å². The quantitative estimate of drug-likeness (QED) is 0.821. The molecule has 1 N–H and O–H groups in total. The minimum atomic E-state index is -0.720. The molecule has 0 saturated heterocycles. The van der Waals surface area contributed by atoms with E-state index in [0.29, 0.717) is 17.6 Å². The summed E-state index contributed by atoms with van der Waals surface area (Å²) in [5.74, 6) is -0.268. The van der Waals surface area contributed by atoms with Gasteiger partial charge in [0.2, 0.25) is 0 Å². The zero-order chi connectivity index (χ0) is 13.0. The van der Waals surface area contributed by atoms with Crippen LogP contribution in [0.25, 0.3) is 10.8 Å². The first-order chi connectivity index (χ1) is 8.74. The summed E-state index contributed by atoms with van der Waals surface area (Å²) in [4.78, 5) is 0. The zero-order valence-electron chi connectivity index (χ0n) is 10.4. The van der Waals surface area contributed by atoms with Gasteiger partial charge in [0.05, 0.1) is 6.61 Å². The molecule has 0 aliphatic carbocycles. The van der Waals surface area contributed by atoms with E-state index >= 15 is 0 Å². The summed E-state index contributed by atoms with van der Waals surface area (Å²) in [5, 5.41) is 11.4. The van der Waals surface area contributed by atoms with Gasteiger partial charge in [-0.15, -0.1) is 0 Å². The predicted molar refractivity (Wildman–Crippen MR) is 70.0 cm³/mol. The van der Waals surface area contributed by atoms with Crippen LogP contribution in [0.4, 0.5) is 4.39 Å². The summed E-state index contributed by atoms with van der Waals surface area (Å²) in [6.07, 6.45) is 0.193. The van der Waals surface area contributed by atoms with Crippen LogP contribution in [0.2, 0.25) is 0 Å². The van der Waals surface area contributed by atoms with Gasteiger partial charge in [-0.1, -0.05) is 37.3 Å². The molecule has 2 nitrogen and oxygen atoms in total. The van der Waals surface area contributed by atoms with Gasteiger partial charge in [-0.3, -0.25) is 0 Å². The van der Waals surface area contributed by atoms with Crippen molar-refractivity contribution in [2.24, 2.45) is 0 Å². The summed E-state index contributed by atoms with van der Waals surface area (Å²) in [7, 11) is 0. The van der Waals surface area contributed by atoms with Crippen LogP contribution in [0.3, 0.4) is 0 Å². The fraction of sp³-hybridized carbons (Fsp3) is 0.333. The molecule has 2 rings (SSSR count). The molecule has 0 radical (unpaired) electrons. The standard InChI is InChI=1S/C15H17FO2/c1-2-9-18-10-15(17)13-7-8-14(16)12-6-4-3-5-11(12)13/h3-8,15,17H,2,9-10H2,1H3. The van der Waals surface area contributed by atoms with Crippen LogP contribution in [0.1, 0.15) is 25.0 Å². The monoisotopic (exact) mass is 248 g/mol. The molecule has 0 spiro atoms. The van der Waals surface area contributed by atoms with Crippen LogP contribution < -0.4 is 0 Å². The Morgan fingerprint density at radius 1 is 1.17 bits per heavy atom. The molecule has 1 unspecified atom stereocenters. The lowest BCUT2D eigenvalue weighted by Crippen LogP contribution is -2.08. The first-order valence-electron chi connectivity index (χ1n) is 6.17. The number of ether oxygens (including phenoxy) is 1. The van der Waals surface area contributed by atoms with E-state index in [1.165, 1.54) is 6.07 Å². The third-order valence-electron chi connectivity index (χ3n) is 2.89. The first-order valence-corrected chi connectivity index (χ1v) is 6.17. The van der Waals surface area contributed by atoms with Crippen molar-refractivity contribution in [2.45, 2.75) is 19.4 Å². The van der Waals surface area contributed by atoms with Gasteiger partial charge in [0.25, 0.3) is 0 Å². The van der Waals surface area contributed by atoms with E-state index in [4.69, 9.17) is 4.74 Å². The highest BCUT2D eigenvalue weighted by Crippen LogP contribution is 2.26.